The molecule has 0 atom stereocenters. The Kier molecular flexibility index (Phi) is 12.8. The van der Waals surface area contributed by atoms with Crippen molar-refractivity contribution >= 4 is 22.1 Å². The maximum atomic E-state index is 12.1. The number of carbonyl (C=O) groups excluding carboxylic acids is 2. The van der Waals surface area contributed by atoms with Gasteiger partial charge in [0.05, 0.1) is 29.2 Å². The average molecular weight is 408 g/mol. The number of hydrogen-bond acceptors (Lipinski definition) is 7. The molecule has 0 aliphatic heterocycles. The molecule has 0 saturated heterocycles. The van der Waals surface area contributed by atoms with E-state index in [-0.39, 0.29) is 53.9 Å². The van der Waals surface area contributed by atoms with Gasteiger partial charge in [-0.1, -0.05) is 39.5 Å². The number of rotatable bonds is 11. The molecule has 0 fully saturated rings. The van der Waals surface area contributed by atoms with Gasteiger partial charge in [0.1, 0.15) is 10.1 Å². The molecule has 0 heterocycles. The number of esters is 2. The van der Waals surface area contributed by atoms with Gasteiger partial charge in [-0.25, -0.2) is 18.0 Å². The summed E-state index contributed by atoms with van der Waals surface area (Å²) in [5.41, 5.74) is -0.335. The Morgan fingerprint density at radius 1 is 0.852 bits per heavy atom. The Balaban J connectivity index is 0.00000676. The van der Waals surface area contributed by atoms with E-state index < -0.39 is 27.0 Å². The van der Waals surface area contributed by atoms with Crippen LogP contribution in [-0.2, 0) is 19.6 Å². The Hall–Kier alpha value is -0.930. The molecule has 0 amide bonds. The van der Waals surface area contributed by atoms with E-state index in [1.807, 2.05) is 13.8 Å². The second kappa shape index (κ2) is 13.3. The van der Waals surface area contributed by atoms with E-state index in [4.69, 9.17) is 9.47 Å². The Morgan fingerprint density at radius 2 is 1.26 bits per heavy atom. The molecule has 0 unspecified atom stereocenters. The summed E-state index contributed by atoms with van der Waals surface area (Å²) in [7, 11) is -4.84. The van der Waals surface area contributed by atoms with Crippen LogP contribution in [0.15, 0.2) is 23.1 Å². The molecule has 0 N–H and O–H groups in total. The minimum absolute atomic E-state index is 0. The van der Waals surface area contributed by atoms with Crippen LogP contribution in [0.5, 0.6) is 0 Å². The normalized spacial score (nSPS) is 10.8. The van der Waals surface area contributed by atoms with Gasteiger partial charge < -0.3 is 14.0 Å². The number of benzene rings is 1. The van der Waals surface area contributed by atoms with E-state index in [2.05, 4.69) is 0 Å². The van der Waals surface area contributed by atoms with E-state index in [9.17, 15) is 22.6 Å². The first-order valence-corrected chi connectivity index (χ1v) is 10.2. The van der Waals surface area contributed by atoms with Crippen LogP contribution in [-0.4, -0.2) is 38.1 Å². The summed E-state index contributed by atoms with van der Waals surface area (Å²) in [6, 6.07) is 3.01. The maximum Gasteiger partial charge on any atom is 1.00 e. The minimum Gasteiger partial charge on any atom is -0.744 e. The zero-order valence-corrected chi connectivity index (χ0v) is 19.0. The van der Waals surface area contributed by atoms with E-state index in [0.717, 1.165) is 37.8 Å². The summed E-state index contributed by atoms with van der Waals surface area (Å²) < 4.78 is 44.1. The van der Waals surface area contributed by atoms with Gasteiger partial charge in [0.15, 0.2) is 0 Å². The van der Waals surface area contributed by atoms with Crippen LogP contribution < -0.4 is 29.6 Å². The zero-order chi connectivity index (χ0) is 19.6. The van der Waals surface area contributed by atoms with Gasteiger partial charge in [-0.15, -0.1) is 0 Å². The van der Waals surface area contributed by atoms with Gasteiger partial charge in [-0.2, -0.15) is 0 Å². The van der Waals surface area contributed by atoms with Crippen molar-refractivity contribution < 1.29 is 61.6 Å². The third kappa shape index (κ3) is 9.71. The van der Waals surface area contributed by atoms with Crippen molar-refractivity contribution in [2.75, 3.05) is 13.2 Å². The van der Waals surface area contributed by atoms with Gasteiger partial charge >= 0.3 is 41.5 Å². The molecular weight excluding hydrogens is 383 g/mol. The molecule has 27 heavy (non-hydrogen) atoms. The molecule has 0 aliphatic rings. The number of hydrogen-bond donors (Lipinski definition) is 0. The molecule has 0 aromatic heterocycles. The van der Waals surface area contributed by atoms with E-state index >= 15 is 0 Å². The summed E-state index contributed by atoms with van der Waals surface area (Å²) in [6.45, 7) is 4.36. The third-order valence-electron chi connectivity index (χ3n) is 3.63. The molecular formula is C18H25NaO7S. The monoisotopic (exact) mass is 408 g/mol. The van der Waals surface area contributed by atoms with Crippen molar-refractivity contribution in [2.45, 2.75) is 57.3 Å². The summed E-state index contributed by atoms with van der Waals surface area (Å²) in [5.74, 6) is -1.57. The molecule has 7 nitrogen and oxygen atoms in total. The fourth-order valence-electron chi connectivity index (χ4n) is 2.18. The summed E-state index contributed by atoms with van der Waals surface area (Å²) in [4.78, 5) is 23.5. The van der Waals surface area contributed by atoms with Gasteiger partial charge in [-0.05, 0) is 31.0 Å². The number of ether oxygens (including phenoxy) is 2. The third-order valence-corrected chi connectivity index (χ3v) is 4.44. The zero-order valence-electron chi connectivity index (χ0n) is 16.2. The molecule has 0 radical (unpaired) electrons. The Morgan fingerprint density at radius 3 is 1.59 bits per heavy atom. The summed E-state index contributed by atoms with van der Waals surface area (Å²) >= 11 is 0. The second-order valence-electron chi connectivity index (χ2n) is 5.89. The number of unbranched alkanes of at least 4 members (excludes halogenated alkanes) is 4. The molecule has 0 saturated carbocycles. The first-order chi connectivity index (χ1) is 12.3. The molecule has 0 aliphatic carbocycles. The Bertz CT molecular complexity index is 674. The molecule has 146 valence electrons. The first-order valence-electron chi connectivity index (χ1n) is 8.74. The van der Waals surface area contributed by atoms with Crippen molar-refractivity contribution in [2.24, 2.45) is 0 Å². The van der Waals surface area contributed by atoms with Crippen LogP contribution >= 0.6 is 0 Å². The van der Waals surface area contributed by atoms with Crippen LogP contribution in [0.2, 0.25) is 0 Å². The number of carbonyl (C=O) groups is 2. The largest absolute Gasteiger partial charge is 1.00 e. The summed E-state index contributed by atoms with van der Waals surface area (Å²) in [5, 5.41) is 0. The van der Waals surface area contributed by atoms with Gasteiger partial charge in [0.2, 0.25) is 0 Å². The predicted molar refractivity (Wildman–Crippen MR) is 94.0 cm³/mol. The SMILES string of the molecule is CCCCCOC(=O)c1cc(C(=O)OCCCCC)cc(S(=O)(=O)[O-])c1.[Na+]. The topological polar surface area (TPSA) is 110 Å². The molecule has 1 aromatic rings. The fraction of sp³-hybridized carbons (Fsp3) is 0.556. The Labute approximate surface area is 182 Å². The average Bonchev–Trinajstić information content (AvgIpc) is 2.61. The van der Waals surface area contributed by atoms with Crippen LogP contribution in [0.4, 0.5) is 0 Å². The van der Waals surface area contributed by atoms with Crippen LogP contribution in [0.3, 0.4) is 0 Å². The van der Waals surface area contributed by atoms with E-state index in [1.165, 1.54) is 6.07 Å². The predicted octanol–water partition coefficient (Wildman–Crippen LogP) is 0.289. The van der Waals surface area contributed by atoms with Crippen LogP contribution in [0, 0.1) is 0 Å². The van der Waals surface area contributed by atoms with Crippen molar-refractivity contribution in [3.63, 3.8) is 0 Å². The van der Waals surface area contributed by atoms with E-state index in [1.54, 1.807) is 0 Å². The second-order valence-corrected chi connectivity index (χ2v) is 7.27. The van der Waals surface area contributed by atoms with Crippen molar-refractivity contribution in [3.8, 4) is 0 Å². The minimum atomic E-state index is -4.84. The molecule has 9 heteroatoms. The molecule has 1 rings (SSSR count). The molecule has 0 bridgehead atoms. The van der Waals surface area contributed by atoms with Crippen molar-refractivity contribution in [1.82, 2.24) is 0 Å². The van der Waals surface area contributed by atoms with Crippen molar-refractivity contribution in [3.05, 3.63) is 29.3 Å². The van der Waals surface area contributed by atoms with Crippen molar-refractivity contribution in [1.29, 1.82) is 0 Å². The smallest absolute Gasteiger partial charge is 0.744 e. The quantitative estimate of drug-likeness (QED) is 0.224. The van der Waals surface area contributed by atoms with E-state index in [0.29, 0.717) is 12.8 Å². The molecule has 0 spiro atoms. The maximum absolute atomic E-state index is 12.1. The standard InChI is InChI=1S/C18H26O7S.Na/c1-3-5-7-9-24-17(19)14-11-15(13-16(12-14)26(21,22)23)18(20)25-10-8-6-4-2;/h11-13H,3-10H2,1-2H3,(H,21,22,23);/q;+1/p-1. The fourth-order valence-corrected chi connectivity index (χ4v) is 2.72. The summed E-state index contributed by atoms with van der Waals surface area (Å²) in [6.07, 6.45) is 5.03. The van der Waals surface area contributed by atoms with Gasteiger partial charge in [0, 0.05) is 0 Å². The molecule has 1 aromatic carbocycles. The van der Waals surface area contributed by atoms with Crippen LogP contribution in [0.1, 0.15) is 73.1 Å². The van der Waals surface area contributed by atoms with Gasteiger partial charge in [0.25, 0.3) is 0 Å². The van der Waals surface area contributed by atoms with Crippen LogP contribution in [0.25, 0.3) is 0 Å². The first kappa shape index (κ1) is 26.1. The van der Waals surface area contributed by atoms with Gasteiger partial charge in [-0.3, -0.25) is 0 Å².